The van der Waals surface area contributed by atoms with Crippen molar-refractivity contribution in [3.05, 3.63) is 53.3 Å². The van der Waals surface area contributed by atoms with Gasteiger partial charge in [-0.05, 0) is 49.0 Å². The fraction of sp³-hybridized carbons (Fsp3) is 0.481. The van der Waals surface area contributed by atoms with Gasteiger partial charge in [-0.15, -0.1) is 23.5 Å². The monoisotopic (exact) mass is 541 g/mol. The number of aliphatic carboxylic acids is 1. The fourth-order valence-corrected chi connectivity index (χ4v) is 7.54. The predicted molar refractivity (Wildman–Crippen MR) is 143 cm³/mol. The van der Waals surface area contributed by atoms with E-state index in [4.69, 9.17) is 0 Å². The van der Waals surface area contributed by atoms with Crippen LogP contribution in [-0.4, -0.2) is 74.6 Å². The third-order valence-electron chi connectivity index (χ3n) is 7.39. The number of likely N-dealkylation sites (tertiary alicyclic amines) is 1. The van der Waals surface area contributed by atoms with Crippen LogP contribution in [0.15, 0.2) is 58.1 Å². The normalized spacial score (nSPS) is 25.4. The molecular weight excluding hydrogens is 510 g/mol. The van der Waals surface area contributed by atoms with Crippen LogP contribution in [0, 0.1) is 5.92 Å². The van der Waals surface area contributed by atoms with Crippen LogP contribution in [0.2, 0.25) is 0 Å². The molecule has 3 aliphatic heterocycles. The van der Waals surface area contributed by atoms with Crippen molar-refractivity contribution < 1.29 is 24.3 Å². The predicted octanol–water partition coefficient (Wildman–Crippen LogP) is 3.26. The molecule has 3 fully saturated rings. The molecule has 1 aromatic carbocycles. The molecule has 1 aliphatic carbocycles. The molecule has 5 rings (SSSR count). The van der Waals surface area contributed by atoms with E-state index in [2.05, 4.69) is 5.32 Å². The van der Waals surface area contributed by atoms with E-state index in [1.165, 1.54) is 47.7 Å². The summed E-state index contributed by atoms with van der Waals surface area (Å²) < 4.78 is 0. The van der Waals surface area contributed by atoms with Crippen LogP contribution in [0.5, 0.6) is 0 Å². The van der Waals surface area contributed by atoms with Crippen molar-refractivity contribution in [3.63, 3.8) is 0 Å². The van der Waals surface area contributed by atoms with E-state index in [1.807, 2.05) is 35.2 Å². The number of rotatable bonds is 8. The highest BCUT2D eigenvalue weighted by Crippen LogP contribution is 2.41. The number of nitrogens with one attached hydrogen (secondary N) is 1. The highest BCUT2D eigenvalue weighted by molar-refractivity contribution is 8.00. The number of nitrogens with zero attached hydrogens (tertiary/aromatic N) is 2. The van der Waals surface area contributed by atoms with Crippen LogP contribution >= 0.6 is 23.5 Å². The quantitative estimate of drug-likeness (QED) is 0.296. The number of carboxylic acids is 1. The topological polar surface area (TPSA) is 107 Å². The highest BCUT2D eigenvalue weighted by Gasteiger charge is 2.54. The lowest BCUT2D eigenvalue weighted by atomic mass is 9.89. The maximum Gasteiger partial charge on any atom is 0.352 e. The molecule has 2 N–H and O–H groups in total. The van der Waals surface area contributed by atoms with Gasteiger partial charge in [0.25, 0.3) is 5.91 Å². The van der Waals surface area contributed by atoms with Gasteiger partial charge in [-0.25, -0.2) is 4.79 Å². The fourth-order valence-electron chi connectivity index (χ4n) is 5.50. The molecule has 3 amide bonds. The summed E-state index contributed by atoms with van der Waals surface area (Å²) in [5.41, 5.74) is 1.01. The van der Waals surface area contributed by atoms with Crippen molar-refractivity contribution in [3.8, 4) is 0 Å². The van der Waals surface area contributed by atoms with Crippen LogP contribution in [0.25, 0.3) is 0 Å². The molecule has 1 saturated carbocycles. The van der Waals surface area contributed by atoms with Gasteiger partial charge < -0.3 is 15.3 Å². The molecule has 196 valence electrons. The van der Waals surface area contributed by atoms with Crippen molar-refractivity contribution in [1.82, 2.24) is 15.1 Å². The van der Waals surface area contributed by atoms with Crippen molar-refractivity contribution in [2.45, 2.75) is 54.8 Å². The van der Waals surface area contributed by atoms with Crippen LogP contribution in [0.3, 0.4) is 0 Å². The lowest BCUT2D eigenvalue weighted by Gasteiger charge is -2.49. The van der Waals surface area contributed by atoms with Crippen LogP contribution in [0.4, 0.5) is 0 Å². The highest BCUT2D eigenvalue weighted by atomic mass is 32.2. The van der Waals surface area contributed by atoms with Crippen molar-refractivity contribution in [1.29, 1.82) is 0 Å². The van der Waals surface area contributed by atoms with E-state index in [1.54, 1.807) is 6.08 Å². The Kier molecular flexibility index (Phi) is 7.95. The van der Waals surface area contributed by atoms with E-state index in [0.29, 0.717) is 35.8 Å². The molecule has 8 nitrogen and oxygen atoms in total. The first kappa shape index (κ1) is 25.9. The Morgan fingerprint density at radius 3 is 2.62 bits per heavy atom. The Hall–Kier alpha value is -2.72. The number of carbonyl (C=O) groups excluding carboxylic acids is 3. The maximum atomic E-state index is 13.0. The van der Waals surface area contributed by atoms with Gasteiger partial charge in [-0.3, -0.25) is 19.3 Å². The lowest BCUT2D eigenvalue weighted by Crippen LogP contribution is -2.70. The minimum atomic E-state index is -1.19. The summed E-state index contributed by atoms with van der Waals surface area (Å²) in [6.45, 7) is 1.43. The number of thioether (sulfide) groups is 2. The van der Waals surface area contributed by atoms with Gasteiger partial charge in [0, 0.05) is 29.3 Å². The first-order valence-corrected chi connectivity index (χ1v) is 14.8. The summed E-state index contributed by atoms with van der Waals surface area (Å²) in [4.78, 5) is 54.8. The number of amides is 3. The van der Waals surface area contributed by atoms with Crippen LogP contribution in [-0.2, 0) is 19.2 Å². The standard InChI is InChI=1S/C27H31N3O5S2/c31-21(16-36-20-9-5-2-6-10-20)28-22-25(33)30-23(27(34)35)19(15-37-26(22)30)13-18-11-12-29(24(18)32)14-17-7-3-1-4-8-17/h2,5-6,9-10,13,17,22,26H,1,3-4,7-8,11-12,14-16H2,(H,28,31)(H,34,35)/b18-13+/t22-,26-/m1/s1. The summed E-state index contributed by atoms with van der Waals surface area (Å²) in [6, 6.07) is 8.76. The lowest BCUT2D eigenvalue weighted by molar-refractivity contribution is -0.150. The number of allylic oxidation sites excluding steroid dienone is 1. The molecule has 4 aliphatic rings. The van der Waals surface area contributed by atoms with E-state index < -0.39 is 23.3 Å². The van der Waals surface area contributed by atoms with Gasteiger partial charge in [0.05, 0.1) is 5.75 Å². The molecule has 3 heterocycles. The van der Waals surface area contributed by atoms with Gasteiger partial charge in [0.1, 0.15) is 17.1 Å². The van der Waals surface area contributed by atoms with E-state index in [0.717, 1.165) is 24.3 Å². The number of benzene rings is 1. The smallest absolute Gasteiger partial charge is 0.352 e. The minimum Gasteiger partial charge on any atom is -0.477 e. The van der Waals surface area contributed by atoms with Crippen LogP contribution < -0.4 is 5.32 Å². The Morgan fingerprint density at radius 2 is 1.89 bits per heavy atom. The first-order valence-electron chi connectivity index (χ1n) is 12.8. The number of β-lactam (4-membered cyclic amide) rings is 1. The van der Waals surface area contributed by atoms with Crippen LogP contribution in [0.1, 0.15) is 38.5 Å². The molecule has 0 radical (unpaired) electrons. The molecule has 10 heteroatoms. The van der Waals surface area contributed by atoms with Crippen molar-refractivity contribution in [2.75, 3.05) is 24.6 Å². The summed E-state index contributed by atoms with van der Waals surface area (Å²) in [5, 5.41) is 12.3. The second-order valence-electron chi connectivity index (χ2n) is 9.91. The molecule has 2 saturated heterocycles. The number of hydrogen-bond donors (Lipinski definition) is 2. The molecule has 0 aromatic heterocycles. The molecular formula is C27H31N3O5S2. The summed E-state index contributed by atoms with van der Waals surface area (Å²) in [6.07, 6.45) is 8.31. The van der Waals surface area contributed by atoms with E-state index in [-0.39, 0.29) is 23.3 Å². The zero-order valence-corrected chi connectivity index (χ0v) is 22.2. The second-order valence-corrected chi connectivity index (χ2v) is 12.1. The van der Waals surface area contributed by atoms with Gasteiger partial charge >= 0.3 is 5.97 Å². The Bertz CT molecular complexity index is 1150. The molecule has 0 unspecified atom stereocenters. The molecule has 2 atom stereocenters. The van der Waals surface area contributed by atoms with Crippen molar-refractivity contribution in [2.24, 2.45) is 5.92 Å². The zero-order valence-electron chi connectivity index (χ0n) is 20.6. The largest absolute Gasteiger partial charge is 0.477 e. The number of carbonyl (C=O) groups is 4. The summed E-state index contributed by atoms with van der Waals surface area (Å²) in [7, 11) is 0. The zero-order chi connectivity index (χ0) is 25.9. The van der Waals surface area contributed by atoms with E-state index >= 15 is 0 Å². The number of fused-ring (bicyclic) bond motifs is 1. The van der Waals surface area contributed by atoms with E-state index in [9.17, 15) is 24.3 Å². The van der Waals surface area contributed by atoms with Crippen molar-refractivity contribution >= 4 is 47.2 Å². The minimum absolute atomic E-state index is 0.0223. The Labute approximate surface area is 224 Å². The summed E-state index contributed by atoms with van der Waals surface area (Å²) in [5.74, 6) is -0.834. The summed E-state index contributed by atoms with van der Waals surface area (Å²) >= 11 is 2.80. The Morgan fingerprint density at radius 1 is 1.14 bits per heavy atom. The van der Waals surface area contributed by atoms with Gasteiger partial charge in [0.2, 0.25) is 11.8 Å². The third-order valence-corrected chi connectivity index (χ3v) is 9.71. The average Bonchev–Trinajstić information content (AvgIpc) is 3.25. The molecule has 1 aromatic rings. The average molecular weight is 542 g/mol. The first-order chi connectivity index (χ1) is 17.9. The number of carboxylic acid groups (broad SMARTS) is 1. The van der Waals surface area contributed by atoms with Gasteiger partial charge in [-0.1, -0.05) is 37.5 Å². The Balaban J connectivity index is 1.23. The number of hydrogen-bond acceptors (Lipinski definition) is 6. The second kappa shape index (κ2) is 11.3. The maximum absolute atomic E-state index is 13.0. The van der Waals surface area contributed by atoms with Gasteiger partial charge in [-0.2, -0.15) is 0 Å². The molecule has 0 spiro atoms. The third kappa shape index (κ3) is 5.60. The molecule has 0 bridgehead atoms. The molecule has 37 heavy (non-hydrogen) atoms. The van der Waals surface area contributed by atoms with Gasteiger partial charge in [0.15, 0.2) is 0 Å². The SMILES string of the molecule is O=C(CSc1ccccc1)N[C@@H]1C(=O)N2C(C(=O)O)=C(/C=C3\CCN(CC4CCCCC4)C3=O)CS[C@H]12.